The zero-order valence-corrected chi connectivity index (χ0v) is 17.8. The van der Waals surface area contributed by atoms with Gasteiger partial charge in [0.1, 0.15) is 0 Å². The van der Waals surface area contributed by atoms with Gasteiger partial charge in [-0.2, -0.15) is 0 Å². The number of amides is 2. The van der Waals surface area contributed by atoms with Gasteiger partial charge in [0.05, 0.1) is 12.3 Å². The maximum Gasteiger partial charge on any atom is 0.228 e. The van der Waals surface area contributed by atoms with Crippen LogP contribution in [0.1, 0.15) is 44.7 Å². The molecule has 0 bridgehead atoms. The predicted octanol–water partition coefficient (Wildman–Crippen LogP) is 4.30. The van der Waals surface area contributed by atoms with Crippen molar-refractivity contribution in [3.63, 3.8) is 0 Å². The Morgan fingerprint density at radius 3 is 2.14 bits per heavy atom. The highest BCUT2D eigenvalue weighted by Gasteiger charge is 2.35. The van der Waals surface area contributed by atoms with Crippen molar-refractivity contribution < 1.29 is 9.59 Å². The topological polar surface area (TPSA) is 40.6 Å². The molecule has 1 unspecified atom stereocenters. The van der Waals surface area contributed by atoms with Gasteiger partial charge in [-0.3, -0.25) is 9.59 Å². The Balaban J connectivity index is 1.68. The summed E-state index contributed by atoms with van der Waals surface area (Å²) in [6.45, 7) is 8.09. The van der Waals surface area contributed by atoms with Crippen LogP contribution in [0.15, 0.2) is 60.7 Å². The molecular weight excluding hydrogens is 360 g/mol. The van der Waals surface area contributed by atoms with E-state index in [4.69, 9.17) is 0 Å². The average molecular weight is 393 g/mol. The second kappa shape index (κ2) is 9.25. The summed E-state index contributed by atoms with van der Waals surface area (Å²) in [5.74, 6) is 0.129. The van der Waals surface area contributed by atoms with E-state index in [-0.39, 0.29) is 23.3 Å². The number of rotatable bonds is 5. The zero-order valence-electron chi connectivity index (χ0n) is 17.8. The van der Waals surface area contributed by atoms with Crippen LogP contribution in [-0.4, -0.2) is 40.2 Å². The molecule has 1 heterocycles. The Morgan fingerprint density at radius 1 is 0.966 bits per heavy atom. The highest BCUT2D eigenvalue weighted by atomic mass is 16.2. The van der Waals surface area contributed by atoms with Crippen LogP contribution in [0, 0.1) is 5.92 Å². The average Bonchev–Trinajstić information content (AvgIpc) is 2.72. The van der Waals surface area contributed by atoms with E-state index in [2.05, 4.69) is 32.9 Å². The van der Waals surface area contributed by atoms with Gasteiger partial charge in [0, 0.05) is 25.2 Å². The SMILES string of the molecule is CC(C)(C)N(Cc1ccccc1)C(=O)C1CCCN(C(=O)Cc2ccccc2)C1. The largest absolute Gasteiger partial charge is 0.342 e. The highest BCUT2D eigenvalue weighted by Crippen LogP contribution is 2.25. The number of nitrogens with zero attached hydrogens (tertiary/aromatic N) is 2. The van der Waals surface area contributed by atoms with Crippen molar-refractivity contribution in [2.24, 2.45) is 5.92 Å². The van der Waals surface area contributed by atoms with E-state index in [0.29, 0.717) is 19.5 Å². The summed E-state index contributed by atoms with van der Waals surface area (Å²) in [6, 6.07) is 19.9. The first-order chi connectivity index (χ1) is 13.8. The molecule has 2 aromatic carbocycles. The summed E-state index contributed by atoms with van der Waals surface area (Å²) in [5.41, 5.74) is 1.87. The molecule has 2 amide bonds. The summed E-state index contributed by atoms with van der Waals surface area (Å²) in [4.78, 5) is 30.1. The van der Waals surface area contributed by atoms with Crippen LogP contribution in [0.3, 0.4) is 0 Å². The number of hydrogen-bond donors (Lipinski definition) is 0. The van der Waals surface area contributed by atoms with Crippen LogP contribution in [-0.2, 0) is 22.6 Å². The third-order valence-corrected chi connectivity index (χ3v) is 5.58. The number of carbonyl (C=O) groups is 2. The fourth-order valence-corrected chi connectivity index (χ4v) is 3.92. The Kier molecular flexibility index (Phi) is 6.73. The van der Waals surface area contributed by atoms with Gasteiger partial charge in [-0.05, 0) is 44.7 Å². The Hall–Kier alpha value is -2.62. The Bertz CT molecular complexity index is 812. The van der Waals surface area contributed by atoms with Gasteiger partial charge in [-0.1, -0.05) is 60.7 Å². The first-order valence-corrected chi connectivity index (χ1v) is 10.5. The maximum atomic E-state index is 13.5. The number of benzene rings is 2. The minimum absolute atomic E-state index is 0.110. The second-order valence-corrected chi connectivity index (χ2v) is 8.92. The molecule has 0 spiro atoms. The maximum absolute atomic E-state index is 13.5. The highest BCUT2D eigenvalue weighted by molar-refractivity contribution is 5.82. The van der Waals surface area contributed by atoms with Crippen molar-refractivity contribution in [3.8, 4) is 0 Å². The molecule has 1 aliphatic rings. The lowest BCUT2D eigenvalue weighted by atomic mass is 9.93. The van der Waals surface area contributed by atoms with Crippen molar-refractivity contribution in [2.45, 2.75) is 52.1 Å². The third kappa shape index (κ3) is 5.69. The molecule has 0 N–H and O–H groups in total. The van der Waals surface area contributed by atoms with Gasteiger partial charge < -0.3 is 9.80 Å². The molecule has 29 heavy (non-hydrogen) atoms. The van der Waals surface area contributed by atoms with Crippen LogP contribution >= 0.6 is 0 Å². The molecular formula is C25H32N2O2. The molecule has 2 aromatic rings. The molecule has 0 radical (unpaired) electrons. The van der Waals surface area contributed by atoms with Gasteiger partial charge in [-0.25, -0.2) is 0 Å². The molecule has 0 aromatic heterocycles. The molecule has 3 rings (SSSR count). The van der Waals surface area contributed by atoms with Gasteiger partial charge >= 0.3 is 0 Å². The van der Waals surface area contributed by atoms with Crippen LogP contribution in [0.25, 0.3) is 0 Å². The standard InChI is InChI=1S/C25H32N2O2/c1-25(2,3)27(18-21-13-8-5-9-14-21)24(29)22-15-10-16-26(19-22)23(28)17-20-11-6-4-7-12-20/h4-9,11-14,22H,10,15-19H2,1-3H3. The van der Waals surface area contributed by atoms with Crippen LogP contribution in [0.2, 0.25) is 0 Å². The van der Waals surface area contributed by atoms with E-state index in [1.54, 1.807) is 0 Å². The molecule has 154 valence electrons. The summed E-state index contributed by atoms with van der Waals surface area (Å²) in [5, 5.41) is 0. The molecule has 1 aliphatic heterocycles. The minimum atomic E-state index is -0.275. The lowest BCUT2D eigenvalue weighted by Gasteiger charge is -2.41. The summed E-state index contributed by atoms with van der Waals surface area (Å²) < 4.78 is 0. The van der Waals surface area contributed by atoms with Crippen molar-refractivity contribution >= 4 is 11.8 Å². The Morgan fingerprint density at radius 2 is 1.55 bits per heavy atom. The van der Waals surface area contributed by atoms with Crippen LogP contribution in [0.5, 0.6) is 0 Å². The van der Waals surface area contributed by atoms with Gasteiger partial charge in [0.2, 0.25) is 11.8 Å². The summed E-state index contributed by atoms with van der Waals surface area (Å²) in [7, 11) is 0. The molecule has 1 fully saturated rings. The fraction of sp³-hybridized carbons (Fsp3) is 0.440. The van der Waals surface area contributed by atoms with Crippen molar-refractivity contribution in [1.82, 2.24) is 9.80 Å². The smallest absolute Gasteiger partial charge is 0.228 e. The predicted molar refractivity (Wildman–Crippen MR) is 116 cm³/mol. The number of piperidine rings is 1. The normalized spacial score (nSPS) is 17.1. The molecule has 1 atom stereocenters. The van der Waals surface area contributed by atoms with E-state index in [1.807, 2.05) is 58.3 Å². The zero-order chi connectivity index (χ0) is 20.9. The van der Waals surface area contributed by atoms with Gasteiger partial charge in [0.25, 0.3) is 0 Å². The van der Waals surface area contributed by atoms with Crippen LogP contribution < -0.4 is 0 Å². The lowest BCUT2D eigenvalue weighted by Crippen LogP contribution is -2.52. The second-order valence-electron chi connectivity index (χ2n) is 8.92. The minimum Gasteiger partial charge on any atom is -0.342 e. The number of likely N-dealkylation sites (tertiary alicyclic amines) is 1. The van der Waals surface area contributed by atoms with Gasteiger partial charge in [0.15, 0.2) is 0 Å². The molecule has 0 saturated carbocycles. The fourth-order valence-electron chi connectivity index (χ4n) is 3.92. The molecule has 4 nitrogen and oxygen atoms in total. The summed E-state index contributed by atoms with van der Waals surface area (Å²) >= 11 is 0. The monoisotopic (exact) mass is 392 g/mol. The Labute approximate surface area is 174 Å². The number of hydrogen-bond acceptors (Lipinski definition) is 2. The number of carbonyl (C=O) groups excluding carboxylic acids is 2. The third-order valence-electron chi connectivity index (χ3n) is 5.58. The van der Waals surface area contributed by atoms with Gasteiger partial charge in [-0.15, -0.1) is 0 Å². The quantitative estimate of drug-likeness (QED) is 0.761. The first-order valence-electron chi connectivity index (χ1n) is 10.5. The molecule has 4 heteroatoms. The van der Waals surface area contributed by atoms with E-state index in [0.717, 1.165) is 30.5 Å². The van der Waals surface area contributed by atoms with E-state index in [9.17, 15) is 9.59 Å². The van der Waals surface area contributed by atoms with Crippen molar-refractivity contribution in [1.29, 1.82) is 0 Å². The molecule has 0 aliphatic carbocycles. The van der Waals surface area contributed by atoms with E-state index >= 15 is 0 Å². The van der Waals surface area contributed by atoms with Crippen molar-refractivity contribution in [3.05, 3.63) is 71.8 Å². The van der Waals surface area contributed by atoms with E-state index < -0.39 is 0 Å². The summed E-state index contributed by atoms with van der Waals surface area (Å²) in [6.07, 6.45) is 2.12. The van der Waals surface area contributed by atoms with Crippen molar-refractivity contribution in [2.75, 3.05) is 13.1 Å². The van der Waals surface area contributed by atoms with Crippen LogP contribution in [0.4, 0.5) is 0 Å². The molecule has 1 saturated heterocycles. The van der Waals surface area contributed by atoms with E-state index in [1.165, 1.54) is 0 Å². The first kappa shape index (κ1) is 21.1. The lowest BCUT2D eigenvalue weighted by molar-refractivity contribution is -0.145.